The van der Waals surface area contributed by atoms with Gasteiger partial charge in [0.2, 0.25) is 17.7 Å². The number of rotatable bonds is 1. The summed E-state index contributed by atoms with van der Waals surface area (Å²) in [5.41, 5.74) is -0.429. The molecule has 0 bridgehead atoms. The molecule has 4 aliphatic rings. The molecule has 4 unspecified atom stereocenters. The lowest BCUT2D eigenvalue weighted by Crippen LogP contribution is -2.54. The minimum Gasteiger partial charge on any atom is -0.324 e. The zero-order valence-corrected chi connectivity index (χ0v) is 15.8. The SMILES string of the molecule is O=C1C2C3CCCN3C3(C(=O)Nc4ccc(F)cc43)C2C(=O)N1c1cccc(F)c1. The Bertz CT molecular complexity index is 1150. The number of hydrogen-bond donors (Lipinski definition) is 1. The highest BCUT2D eigenvalue weighted by atomic mass is 19.1. The Hall–Kier alpha value is -3.13. The van der Waals surface area contributed by atoms with Crippen molar-refractivity contribution in [1.82, 2.24) is 4.90 Å². The van der Waals surface area contributed by atoms with Crippen LogP contribution in [0.1, 0.15) is 18.4 Å². The zero-order chi connectivity index (χ0) is 20.8. The molecular weight excluding hydrogens is 392 g/mol. The summed E-state index contributed by atoms with van der Waals surface area (Å²) in [5, 5.41) is 2.79. The van der Waals surface area contributed by atoms with Crippen LogP contribution in [0.3, 0.4) is 0 Å². The van der Waals surface area contributed by atoms with Crippen LogP contribution in [-0.4, -0.2) is 35.2 Å². The molecule has 6 rings (SSSR count). The van der Waals surface area contributed by atoms with Gasteiger partial charge in [-0.3, -0.25) is 19.3 Å². The average Bonchev–Trinajstić information content (AvgIpc) is 3.40. The number of nitrogens with one attached hydrogen (secondary N) is 1. The van der Waals surface area contributed by atoms with Gasteiger partial charge in [-0.25, -0.2) is 13.7 Å². The minimum atomic E-state index is -1.43. The van der Waals surface area contributed by atoms with E-state index in [1.54, 1.807) is 0 Å². The molecule has 3 saturated heterocycles. The Morgan fingerprint density at radius 2 is 1.80 bits per heavy atom. The standard InChI is InChI=1S/C22H17F2N3O3/c23-11-3-1-4-13(9-11)27-19(28)17-16-5-2-8-26(16)22(18(17)20(27)29)14-10-12(24)6-7-15(14)25-21(22)30/h1,3-4,6-7,9-10,16-18H,2,5,8H2,(H,25,30). The predicted molar refractivity (Wildman–Crippen MR) is 102 cm³/mol. The molecule has 0 saturated carbocycles. The van der Waals surface area contributed by atoms with Crippen LogP contribution in [0.15, 0.2) is 42.5 Å². The molecule has 4 aliphatic heterocycles. The van der Waals surface area contributed by atoms with E-state index < -0.39 is 46.7 Å². The first-order chi connectivity index (χ1) is 14.4. The smallest absolute Gasteiger partial charge is 0.250 e. The lowest BCUT2D eigenvalue weighted by atomic mass is 9.75. The van der Waals surface area contributed by atoms with Gasteiger partial charge in [0.1, 0.15) is 17.2 Å². The van der Waals surface area contributed by atoms with Crippen molar-refractivity contribution < 1.29 is 23.2 Å². The summed E-state index contributed by atoms with van der Waals surface area (Å²) in [7, 11) is 0. The summed E-state index contributed by atoms with van der Waals surface area (Å²) < 4.78 is 28.0. The minimum absolute atomic E-state index is 0.150. The molecule has 1 spiro atoms. The molecule has 3 fully saturated rings. The first-order valence-electron chi connectivity index (χ1n) is 9.96. The van der Waals surface area contributed by atoms with Crippen LogP contribution in [0.5, 0.6) is 0 Å². The Morgan fingerprint density at radius 1 is 1.00 bits per heavy atom. The van der Waals surface area contributed by atoms with Crippen LogP contribution >= 0.6 is 0 Å². The Kier molecular flexibility index (Phi) is 3.38. The van der Waals surface area contributed by atoms with E-state index in [-0.39, 0.29) is 11.7 Å². The number of fused-ring (bicyclic) bond motifs is 7. The van der Waals surface area contributed by atoms with Crippen LogP contribution in [-0.2, 0) is 19.9 Å². The number of nitrogens with zero attached hydrogens (tertiary/aromatic N) is 2. The lowest BCUT2D eigenvalue weighted by Gasteiger charge is -2.36. The zero-order valence-electron chi connectivity index (χ0n) is 15.8. The van der Waals surface area contributed by atoms with Gasteiger partial charge >= 0.3 is 0 Å². The Balaban J connectivity index is 1.57. The van der Waals surface area contributed by atoms with E-state index >= 15 is 0 Å². The first-order valence-corrected chi connectivity index (χ1v) is 9.96. The van der Waals surface area contributed by atoms with Gasteiger partial charge in [0.05, 0.1) is 17.5 Å². The lowest BCUT2D eigenvalue weighted by molar-refractivity contribution is -0.135. The van der Waals surface area contributed by atoms with Crippen LogP contribution in [0.2, 0.25) is 0 Å². The van der Waals surface area contributed by atoms with Crippen molar-refractivity contribution in [2.45, 2.75) is 24.4 Å². The summed E-state index contributed by atoms with van der Waals surface area (Å²) >= 11 is 0. The summed E-state index contributed by atoms with van der Waals surface area (Å²) in [6, 6.07) is 9.04. The number of imide groups is 1. The van der Waals surface area contributed by atoms with Crippen molar-refractivity contribution in [2.24, 2.45) is 11.8 Å². The molecule has 0 aliphatic carbocycles. The van der Waals surface area contributed by atoms with Gasteiger partial charge < -0.3 is 5.32 Å². The number of halogens is 2. The van der Waals surface area contributed by atoms with Gasteiger partial charge in [-0.05, 0) is 55.8 Å². The molecule has 6 nitrogen and oxygen atoms in total. The number of benzene rings is 2. The number of carbonyl (C=O) groups is 3. The van der Waals surface area contributed by atoms with Crippen molar-refractivity contribution in [1.29, 1.82) is 0 Å². The third kappa shape index (κ3) is 1.92. The summed E-state index contributed by atoms with van der Waals surface area (Å²) in [6.07, 6.45) is 1.44. The normalized spacial score (nSPS) is 32.0. The van der Waals surface area contributed by atoms with Gasteiger partial charge in [0, 0.05) is 17.3 Å². The second kappa shape index (κ2) is 5.72. The molecule has 0 aromatic heterocycles. The molecule has 4 atom stereocenters. The van der Waals surface area contributed by atoms with Gasteiger partial charge in [-0.1, -0.05) is 6.07 Å². The maximum absolute atomic E-state index is 14.2. The molecule has 1 N–H and O–H groups in total. The van der Waals surface area contributed by atoms with Crippen molar-refractivity contribution >= 4 is 29.1 Å². The van der Waals surface area contributed by atoms with E-state index in [4.69, 9.17) is 0 Å². The highest BCUT2D eigenvalue weighted by molar-refractivity contribution is 6.25. The summed E-state index contributed by atoms with van der Waals surface area (Å²) in [6.45, 7) is 0.543. The van der Waals surface area contributed by atoms with Crippen molar-refractivity contribution in [2.75, 3.05) is 16.8 Å². The van der Waals surface area contributed by atoms with Gasteiger partial charge in [0.25, 0.3) is 0 Å². The first kappa shape index (κ1) is 17.7. The predicted octanol–water partition coefficient (Wildman–Crippen LogP) is 2.40. The topological polar surface area (TPSA) is 69.7 Å². The maximum Gasteiger partial charge on any atom is 0.250 e. The monoisotopic (exact) mass is 409 g/mol. The van der Waals surface area contributed by atoms with E-state index in [1.807, 2.05) is 4.90 Å². The number of carbonyl (C=O) groups excluding carboxylic acids is 3. The largest absolute Gasteiger partial charge is 0.324 e. The fourth-order valence-electron chi connectivity index (χ4n) is 6.04. The number of anilines is 2. The van der Waals surface area contributed by atoms with Crippen LogP contribution < -0.4 is 10.2 Å². The van der Waals surface area contributed by atoms with Crippen molar-refractivity contribution in [3.8, 4) is 0 Å². The maximum atomic E-state index is 14.2. The average molecular weight is 409 g/mol. The number of amides is 3. The molecule has 0 radical (unpaired) electrons. The van der Waals surface area contributed by atoms with E-state index in [0.717, 1.165) is 17.4 Å². The molecular formula is C22H17F2N3O3. The molecule has 152 valence electrons. The molecule has 2 aromatic rings. The summed E-state index contributed by atoms with van der Waals surface area (Å²) in [5.74, 6) is -4.18. The summed E-state index contributed by atoms with van der Waals surface area (Å²) in [4.78, 5) is 43.4. The third-order valence-corrected chi connectivity index (χ3v) is 7.02. The van der Waals surface area contributed by atoms with E-state index in [9.17, 15) is 23.2 Å². The highest BCUT2D eigenvalue weighted by Gasteiger charge is 2.74. The molecule has 4 heterocycles. The molecule has 2 aromatic carbocycles. The fourth-order valence-corrected chi connectivity index (χ4v) is 6.04. The second-order valence-electron chi connectivity index (χ2n) is 8.31. The van der Waals surface area contributed by atoms with E-state index in [1.165, 1.54) is 36.4 Å². The Morgan fingerprint density at radius 3 is 2.60 bits per heavy atom. The van der Waals surface area contributed by atoms with Gasteiger partial charge in [0.15, 0.2) is 0 Å². The van der Waals surface area contributed by atoms with Crippen LogP contribution in [0.25, 0.3) is 0 Å². The van der Waals surface area contributed by atoms with Crippen LogP contribution in [0.4, 0.5) is 20.2 Å². The van der Waals surface area contributed by atoms with Crippen molar-refractivity contribution in [3.63, 3.8) is 0 Å². The highest BCUT2D eigenvalue weighted by Crippen LogP contribution is 2.60. The third-order valence-electron chi connectivity index (χ3n) is 7.02. The Labute approximate surface area is 170 Å². The number of hydrogen-bond acceptors (Lipinski definition) is 4. The van der Waals surface area contributed by atoms with E-state index in [0.29, 0.717) is 24.2 Å². The van der Waals surface area contributed by atoms with Crippen molar-refractivity contribution in [3.05, 3.63) is 59.7 Å². The van der Waals surface area contributed by atoms with Crippen LogP contribution in [0, 0.1) is 23.5 Å². The van der Waals surface area contributed by atoms with Gasteiger partial charge in [-0.2, -0.15) is 0 Å². The van der Waals surface area contributed by atoms with E-state index in [2.05, 4.69) is 5.32 Å². The molecule has 3 amide bonds. The second-order valence-corrected chi connectivity index (χ2v) is 8.31. The fraction of sp³-hybridized carbons (Fsp3) is 0.318. The molecule has 30 heavy (non-hydrogen) atoms. The quantitative estimate of drug-likeness (QED) is 0.735. The molecule has 8 heteroatoms. The van der Waals surface area contributed by atoms with Gasteiger partial charge in [-0.15, -0.1) is 0 Å².